The van der Waals surface area contributed by atoms with Crippen molar-refractivity contribution in [2.24, 2.45) is 5.10 Å². The SMILES string of the molecule is COC(=O)c1ccc(OCCCC(=O)N2N=C(c3cc(C)cc(C)c3)CC2(C)C)cc1C. The Morgan fingerprint density at radius 1 is 1.06 bits per heavy atom. The maximum atomic E-state index is 12.9. The summed E-state index contributed by atoms with van der Waals surface area (Å²) in [5.74, 6) is 0.294. The Morgan fingerprint density at radius 3 is 2.38 bits per heavy atom. The lowest BCUT2D eigenvalue weighted by Crippen LogP contribution is -2.40. The fraction of sp³-hybridized carbons (Fsp3) is 0.423. The van der Waals surface area contributed by atoms with Crippen LogP contribution >= 0.6 is 0 Å². The van der Waals surface area contributed by atoms with Crippen molar-refractivity contribution in [1.29, 1.82) is 0 Å². The molecule has 0 fully saturated rings. The summed E-state index contributed by atoms with van der Waals surface area (Å²) in [5, 5.41) is 6.33. The number of aryl methyl sites for hydroxylation is 3. The van der Waals surface area contributed by atoms with Crippen LogP contribution in [0.1, 0.15) is 65.7 Å². The summed E-state index contributed by atoms with van der Waals surface area (Å²) >= 11 is 0. The Labute approximate surface area is 190 Å². The van der Waals surface area contributed by atoms with E-state index in [1.54, 1.807) is 23.2 Å². The highest BCUT2D eigenvalue weighted by Gasteiger charge is 2.38. The lowest BCUT2D eigenvalue weighted by Gasteiger charge is -2.28. The zero-order chi connectivity index (χ0) is 23.5. The van der Waals surface area contributed by atoms with Gasteiger partial charge in [0.15, 0.2) is 0 Å². The number of amides is 1. The number of esters is 1. The third-order valence-corrected chi connectivity index (χ3v) is 5.59. The first-order valence-corrected chi connectivity index (χ1v) is 10.9. The average molecular weight is 437 g/mol. The largest absolute Gasteiger partial charge is 0.494 e. The highest BCUT2D eigenvalue weighted by molar-refractivity contribution is 6.03. The molecule has 0 saturated carbocycles. The molecule has 0 saturated heterocycles. The fourth-order valence-corrected chi connectivity index (χ4v) is 4.05. The molecule has 2 aromatic carbocycles. The lowest BCUT2D eigenvalue weighted by atomic mass is 9.93. The summed E-state index contributed by atoms with van der Waals surface area (Å²) in [6.45, 7) is 10.5. The van der Waals surface area contributed by atoms with Crippen LogP contribution in [0.2, 0.25) is 0 Å². The topological polar surface area (TPSA) is 68.2 Å². The van der Waals surface area contributed by atoms with Gasteiger partial charge in [-0.1, -0.05) is 29.3 Å². The molecule has 1 aliphatic heterocycles. The molecule has 0 N–H and O–H groups in total. The van der Waals surface area contributed by atoms with Gasteiger partial charge >= 0.3 is 5.97 Å². The van der Waals surface area contributed by atoms with Gasteiger partial charge in [0.1, 0.15) is 5.75 Å². The minimum atomic E-state index is -0.367. The van der Waals surface area contributed by atoms with E-state index < -0.39 is 0 Å². The lowest BCUT2D eigenvalue weighted by molar-refractivity contribution is -0.135. The van der Waals surface area contributed by atoms with Gasteiger partial charge in [-0.25, -0.2) is 9.80 Å². The molecular formula is C26H32N2O4. The van der Waals surface area contributed by atoms with Crippen molar-refractivity contribution in [2.45, 2.75) is 59.4 Å². The number of methoxy groups -OCH3 is 1. The van der Waals surface area contributed by atoms with Crippen molar-refractivity contribution >= 4 is 17.6 Å². The molecule has 0 bridgehead atoms. The molecule has 0 unspecified atom stereocenters. The van der Waals surface area contributed by atoms with E-state index >= 15 is 0 Å². The Balaban J connectivity index is 1.58. The van der Waals surface area contributed by atoms with Crippen LogP contribution < -0.4 is 4.74 Å². The molecule has 3 rings (SSSR count). The van der Waals surface area contributed by atoms with Crippen LogP contribution in [0.3, 0.4) is 0 Å². The molecule has 32 heavy (non-hydrogen) atoms. The van der Waals surface area contributed by atoms with Crippen molar-refractivity contribution in [1.82, 2.24) is 5.01 Å². The van der Waals surface area contributed by atoms with Gasteiger partial charge in [-0.05, 0) is 70.4 Å². The van der Waals surface area contributed by atoms with Crippen molar-refractivity contribution in [3.05, 3.63) is 64.2 Å². The van der Waals surface area contributed by atoms with E-state index in [2.05, 4.69) is 32.0 Å². The third-order valence-electron chi connectivity index (χ3n) is 5.59. The molecule has 170 valence electrons. The summed E-state index contributed by atoms with van der Waals surface area (Å²) in [6, 6.07) is 11.6. The number of hydrazone groups is 1. The van der Waals surface area contributed by atoms with E-state index in [1.165, 1.54) is 18.2 Å². The van der Waals surface area contributed by atoms with E-state index in [0.29, 0.717) is 30.8 Å². The fourth-order valence-electron chi connectivity index (χ4n) is 4.05. The Kier molecular flexibility index (Phi) is 7.02. The molecule has 1 amide bonds. The van der Waals surface area contributed by atoms with Gasteiger partial charge in [-0.2, -0.15) is 5.10 Å². The number of hydrogen-bond donors (Lipinski definition) is 0. The van der Waals surface area contributed by atoms with Crippen molar-refractivity contribution in [3.8, 4) is 5.75 Å². The maximum absolute atomic E-state index is 12.9. The molecular weight excluding hydrogens is 404 g/mol. The van der Waals surface area contributed by atoms with Crippen molar-refractivity contribution in [3.63, 3.8) is 0 Å². The Morgan fingerprint density at radius 2 is 1.75 bits per heavy atom. The number of rotatable bonds is 7. The molecule has 6 heteroatoms. The van der Waals surface area contributed by atoms with E-state index in [0.717, 1.165) is 23.3 Å². The number of nitrogens with zero attached hydrogens (tertiary/aromatic N) is 2. The van der Waals surface area contributed by atoms with Gasteiger partial charge in [0.25, 0.3) is 0 Å². The number of carbonyl (C=O) groups excluding carboxylic acids is 2. The van der Waals surface area contributed by atoms with Gasteiger partial charge in [0, 0.05) is 12.8 Å². The molecule has 2 aromatic rings. The monoisotopic (exact) mass is 436 g/mol. The second kappa shape index (κ2) is 9.55. The average Bonchev–Trinajstić information content (AvgIpc) is 3.05. The summed E-state index contributed by atoms with van der Waals surface area (Å²) < 4.78 is 10.5. The quantitative estimate of drug-likeness (QED) is 0.454. The van der Waals surface area contributed by atoms with Gasteiger partial charge in [-0.3, -0.25) is 4.79 Å². The highest BCUT2D eigenvalue weighted by atomic mass is 16.5. The maximum Gasteiger partial charge on any atom is 0.338 e. The molecule has 0 aromatic heterocycles. The van der Waals surface area contributed by atoms with Gasteiger partial charge in [0.2, 0.25) is 5.91 Å². The first-order chi connectivity index (χ1) is 15.1. The van der Waals surface area contributed by atoms with Gasteiger partial charge in [0.05, 0.1) is 30.5 Å². The van der Waals surface area contributed by atoms with E-state index in [1.807, 2.05) is 20.8 Å². The van der Waals surface area contributed by atoms with Crippen LogP contribution in [0.25, 0.3) is 0 Å². The zero-order valence-electron chi connectivity index (χ0n) is 19.8. The summed E-state index contributed by atoms with van der Waals surface area (Å²) in [4.78, 5) is 24.6. The van der Waals surface area contributed by atoms with Crippen molar-refractivity contribution < 1.29 is 19.1 Å². The predicted octanol–water partition coefficient (Wildman–Crippen LogP) is 4.97. The number of carbonyl (C=O) groups is 2. The van der Waals surface area contributed by atoms with Gasteiger partial charge < -0.3 is 9.47 Å². The third kappa shape index (κ3) is 5.36. The van der Waals surface area contributed by atoms with Crippen LogP contribution in [-0.2, 0) is 9.53 Å². The number of ether oxygens (including phenoxy) is 2. The smallest absolute Gasteiger partial charge is 0.338 e. The summed E-state index contributed by atoms with van der Waals surface area (Å²) in [6.07, 6.45) is 1.66. The Bertz CT molecular complexity index is 1040. The second-order valence-corrected chi connectivity index (χ2v) is 9.04. The zero-order valence-corrected chi connectivity index (χ0v) is 19.8. The van der Waals surface area contributed by atoms with Crippen LogP contribution in [-0.4, -0.2) is 41.9 Å². The van der Waals surface area contributed by atoms with E-state index in [-0.39, 0.29) is 17.4 Å². The van der Waals surface area contributed by atoms with Crippen LogP contribution in [0, 0.1) is 20.8 Å². The molecule has 0 radical (unpaired) electrons. The Hall–Kier alpha value is -3.15. The molecule has 1 aliphatic rings. The van der Waals surface area contributed by atoms with Crippen LogP contribution in [0.15, 0.2) is 41.5 Å². The standard InChI is InChI=1S/C26H32N2O4/c1-17-12-18(2)14-20(13-17)23-16-26(4,5)28(27-23)24(29)8-7-11-32-21-9-10-22(19(3)15-21)25(30)31-6/h9-10,12-15H,7-8,11,16H2,1-6H3. The molecule has 0 spiro atoms. The molecule has 6 nitrogen and oxygen atoms in total. The van der Waals surface area contributed by atoms with Crippen LogP contribution in [0.4, 0.5) is 0 Å². The first-order valence-electron chi connectivity index (χ1n) is 10.9. The minimum absolute atomic E-state index is 0.00445. The summed E-state index contributed by atoms with van der Waals surface area (Å²) in [5.41, 5.74) is 5.37. The summed E-state index contributed by atoms with van der Waals surface area (Å²) in [7, 11) is 1.36. The minimum Gasteiger partial charge on any atom is -0.494 e. The predicted molar refractivity (Wildman–Crippen MR) is 125 cm³/mol. The number of hydrogen-bond acceptors (Lipinski definition) is 5. The molecule has 0 aliphatic carbocycles. The first kappa shape index (κ1) is 23.5. The molecule has 0 atom stereocenters. The molecule has 1 heterocycles. The normalized spacial score (nSPS) is 14.8. The van der Waals surface area contributed by atoms with E-state index in [9.17, 15) is 9.59 Å². The highest BCUT2D eigenvalue weighted by Crippen LogP contribution is 2.31. The van der Waals surface area contributed by atoms with Gasteiger partial charge in [-0.15, -0.1) is 0 Å². The van der Waals surface area contributed by atoms with Crippen LogP contribution in [0.5, 0.6) is 5.75 Å². The van der Waals surface area contributed by atoms with Crippen molar-refractivity contribution in [2.75, 3.05) is 13.7 Å². The number of benzene rings is 2. The second-order valence-electron chi connectivity index (χ2n) is 9.04. The van der Waals surface area contributed by atoms with E-state index in [4.69, 9.17) is 14.6 Å².